The highest BCUT2D eigenvalue weighted by Gasteiger charge is 2.16. The summed E-state index contributed by atoms with van der Waals surface area (Å²) in [5.41, 5.74) is 4.04. The fourth-order valence-corrected chi connectivity index (χ4v) is 3.58. The third kappa shape index (κ3) is 4.13. The quantitative estimate of drug-likeness (QED) is 0.815. The molecule has 2 aliphatic rings. The van der Waals surface area contributed by atoms with E-state index < -0.39 is 0 Å². The number of nitrogens with one attached hydrogen (secondary N) is 1. The molecule has 0 fully saturated rings. The summed E-state index contributed by atoms with van der Waals surface area (Å²) < 4.78 is 11.2. The Bertz CT molecular complexity index is 875. The molecule has 2 aromatic carbocycles. The topological polar surface area (TPSA) is 64.6 Å². The van der Waals surface area contributed by atoms with Crippen LogP contribution in [0.15, 0.2) is 36.4 Å². The van der Waals surface area contributed by atoms with Gasteiger partial charge in [-0.25, -0.2) is 0 Å². The van der Waals surface area contributed by atoms with Crippen molar-refractivity contribution in [2.24, 2.45) is 0 Å². The second kappa shape index (κ2) is 7.82. The maximum atomic E-state index is 12.5. The maximum Gasteiger partial charge on any atom is 0.224 e. The predicted octanol–water partition coefficient (Wildman–Crippen LogP) is 3.94. The summed E-state index contributed by atoms with van der Waals surface area (Å²) >= 11 is 0. The SMILES string of the molecule is O=C(CCC(=O)c1ccc2c(c1)OCCCO2)Nc1ccc2c(c1)CCC2. The van der Waals surface area contributed by atoms with Gasteiger partial charge in [-0.05, 0) is 60.7 Å². The molecule has 0 saturated heterocycles. The lowest BCUT2D eigenvalue weighted by Crippen LogP contribution is -2.13. The van der Waals surface area contributed by atoms with Gasteiger partial charge in [0.05, 0.1) is 13.2 Å². The second-order valence-electron chi connectivity index (χ2n) is 7.02. The van der Waals surface area contributed by atoms with Crippen molar-refractivity contribution in [3.63, 3.8) is 0 Å². The van der Waals surface area contributed by atoms with Gasteiger partial charge in [-0.2, -0.15) is 0 Å². The lowest BCUT2D eigenvalue weighted by molar-refractivity contribution is -0.116. The third-order valence-electron chi connectivity index (χ3n) is 5.03. The summed E-state index contributed by atoms with van der Waals surface area (Å²) in [6.07, 6.45) is 4.51. The first-order valence-electron chi connectivity index (χ1n) is 9.53. The number of fused-ring (bicyclic) bond motifs is 2. The molecule has 1 aliphatic heterocycles. The van der Waals surface area contributed by atoms with Crippen LogP contribution < -0.4 is 14.8 Å². The molecule has 1 amide bonds. The normalized spacial score (nSPS) is 15.0. The van der Waals surface area contributed by atoms with Crippen molar-refractivity contribution in [2.45, 2.75) is 38.5 Å². The van der Waals surface area contributed by atoms with Crippen molar-refractivity contribution in [1.82, 2.24) is 0 Å². The smallest absolute Gasteiger partial charge is 0.224 e. The zero-order valence-electron chi connectivity index (χ0n) is 15.3. The van der Waals surface area contributed by atoms with Crippen LogP contribution in [0.5, 0.6) is 11.5 Å². The number of anilines is 1. The summed E-state index contributed by atoms with van der Waals surface area (Å²) in [4.78, 5) is 24.7. The van der Waals surface area contributed by atoms with E-state index in [-0.39, 0.29) is 24.5 Å². The molecule has 140 valence electrons. The molecule has 2 aromatic rings. The molecular formula is C22H23NO4. The molecule has 27 heavy (non-hydrogen) atoms. The lowest BCUT2D eigenvalue weighted by atomic mass is 10.1. The van der Waals surface area contributed by atoms with Crippen molar-refractivity contribution in [1.29, 1.82) is 0 Å². The van der Waals surface area contributed by atoms with Crippen LogP contribution in [0.1, 0.15) is 47.2 Å². The molecule has 0 spiro atoms. The number of benzene rings is 2. The maximum absolute atomic E-state index is 12.5. The second-order valence-corrected chi connectivity index (χ2v) is 7.02. The summed E-state index contributed by atoms with van der Waals surface area (Å²) in [6, 6.07) is 11.3. The van der Waals surface area contributed by atoms with Crippen LogP contribution >= 0.6 is 0 Å². The van der Waals surface area contributed by atoms with Crippen LogP contribution in [0.3, 0.4) is 0 Å². The molecule has 1 aliphatic carbocycles. The zero-order valence-corrected chi connectivity index (χ0v) is 15.3. The van der Waals surface area contributed by atoms with Crippen LogP contribution in [0.2, 0.25) is 0 Å². The number of amides is 1. The number of carbonyl (C=O) groups is 2. The Morgan fingerprint density at radius 2 is 1.67 bits per heavy atom. The van der Waals surface area contributed by atoms with Gasteiger partial charge < -0.3 is 14.8 Å². The Balaban J connectivity index is 1.33. The van der Waals surface area contributed by atoms with Gasteiger partial charge >= 0.3 is 0 Å². The van der Waals surface area contributed by atoms with Crippen molar-refractivity contribution < 1.29 is 19.1 Å². The van der Waals surface area contributed by atoms with Gasteiger partial charge in [0, 0.05) is 30.5 Å². The fourth-order valence-electron chi connectivity index (χ4n) is 3.58. The number of Topliss-reactive ketones (excluding diaryl/α,β-unsaturated/α-hetero) is 1. The molecule has 0 atom stereocenters. The summed E-state index contributed by atoms with van der Waals surface area (Å²) in [5, 5.41) is 2.90. The van der Waals surface area contributed by atoms with Crippen molar-refractivity contribution in [3.05, 3.63) is 53.1 Å². The number of hydrogen-bond donors (Lipinski definition) is 1. The molecule has 0 aromatic heterocycles. The average molecular weight is 365 g/mol. The molecular weight excluding hydrogens is 342 g/mol. The van der Waals surface area contributed by atoms with E-state index in [2.05, 4.69) is 11.4 Å². The molecule has 0 bridgehead atoms. The minimum Gasteiger partial charge on any atom is -0.490 e. The number of ether oxygens (including phenoxy) is 2. The predicted molar refractivity (Wildman–Crippen MR) is 103 cm³/mol. The van der Waals surface area contributed by atoms with E-state index in [1.54, 1.807) is 18.2 Å². The summed E-state index contributed by atoms with van der Waals surface area (Å²) in [7, 11) is 0. The molecule has 0 unspecified atom stereocenters. The molecule has 5 nitrogen and oxygen atoms in total. The molecule has 0 radical (unpaired) electrons. The fraction of sp³-hybridized carbons (Fsp3) is 0.364. The Labute approximate surface area is 158 Å². The van der Waals surface area contributed by atoms with Crippen molar-refractivity contribution in [2.75, 3.05) is 18.5 Å². The van der Waals surface area contributed by atoms with Gasteiger partial charge in [-0.15, -0.1) is 0 Å². The Morgan fingerprint density at radius 1 is 0.852 bits per heavy atom. The van der Waals surface area contributed by atoms with E-state index in [1.807, 2.05) is 12.1 Å². The van der Waals surface area contributed by atoms with Gasteiger partial charge in [-0.1, -0.05) is 6.07 Å². The number of rotatable bonds is 5. The van der Waals surface area contributed by atoms with E-state index in [1.165, 1.54) is 17.5 Å². The van der Waals surface area contributed by atoms with E-state index >= 15 is 0 Å². The first-order chi connectivity index (χ1) is 13.2. The monoisotopic (exact) mass is 365 g/mol. The average Bonchev–Trinajstić information content (AvgIpc) is 3.01. The van der Waals surface area contributed by atoms with Gasteiger partial charge in [-0.3, -0.25) is 9.59 Å². The highest BCUT2D eigenvalue weighted by atomic mass is 16.5. The Hall–Kier alpha value is -2.82. The number of ketones is 1. The highest BCUT2D eigenvalue weighted by molar-refractivity contribution is 6.00. The number of hydrogen-bond acceptors (Lipinski definition) is 4. The van der Waals surface area contributed by atoms with Crippen LogP contribution in [0.4, 0.5) is 5.69 Å². The summed E-state index contributed by atoms with van der Waals surface area (Å²) in [5.74, 6) is 1.05. The standard InChI is InChI=1S/C22H23NO4/c24-19(17-6-9-20-21(14-17)27-12-2-11-26-20)8-10-22(25)23-18-7-5-15-3-1-4-16(15)13-18/h5-7,9,13-14H,1-4,8,10-12H2,(H,23,25). The van der Waals surface area contributed by atoms with Crippen LogP contribution in [-0.2, 0) is 17.6 Å². The van der Waals surface area contributed by atoms with E-state index in [0.29, 0.717) is 30.3 Å². The van der Waals surface area contributed by atoms with Crippen molar-refractivity contribution >= 4 is 17.4 Å². The molecule has 4 rings (SSSR count). The highest BCUT2D eigenvalue weighted by Crippen LogP contribution is 2.31. The van der Waals surface area contributed by atoms with E-state index in [9.17, 15) is 9.59 Å². The van der Waals surface area contributed by atoms with Crippen molar-refractivity contribution in [3.8, 4) is 11.5 Å². The van der Waals surface area contributed by atoms with Gasteiger partial charge in [0.1, 0.15) is 0 Å². The first-order valence-corrected chi connectivity index (χ1v) is 9.53. The van der Waals surface area contributed by atoms with E-state index in [0.717, 1.165) is 24.9 Å². The molecule has 0 saturated carbocycles. The zero-order chi connectivity index (χ0) is 18.6. The van der Waals surface area contributed by atoms with Gasteiger partial charge in [0.15, 0.2) is 17.3 Å². The molecule has 1 heterocycles. The molecule has 5 heteroatoms. The van der Waals surface area contributed by atoms with Crippen LogP contribution in [0.25, 0.3) is 0 Å². The largest absolute Gasteiger partial charge is 0.490 e. The Kier molecular flexibility index (Phi) is 5.10. The van der Waals surface area contributed by atoms with E-state index in [4.69, 9.17) is 9.47 Å². The number of carbonyl (C=O) groups excluding carboxylic acids is 2. The van der Waals surface area contributed by atoms with Crippen LogP contribution in [-0.4, -0.2) is 24.9 Å². The minimum atomic E-state index is -0.143. The summed E-state index contributed by atoms with van der Waals surface area (Å²) in [6.45, 7) is 1.19. The number of aryl methyl sites for hydroxylation is 2. The van der Waals surface area contributed by atoms with Crippen LogP contribution in [0, 0.1) is 0 Å². The Morgan fingerprint density at radius 3 is 2.56 bits per heavy atom. The molecule has 1 N–H and O–H groups in total. The minimum absolute atomic E-state index is 0.0743. The van der Waals surface area contributed by atoms with Gasteiger partial charge in [0.25, 0.3) is 0 Å². The third-order valence-corrected chi connectivity index (χ3v) is 5.03. The lowest BCUT2D eigenvalue weighted by Gasteiger charge is -2.09. The first kappa shape index (κ1) is 17.6. The van der Waals surface area contributed by atoms with Gasteiger partial charge in [0.2, 0.25) is 5.91 Å².